The topological polar surface area (TPSA) is 114 Å². The van der Waals surface area contributed by atoms with Crippen molar-refractivity contribution >= 4 is 23.2 Å². The summed E-state index contributed by atoms with van der Waals surface area (Å²) in [6, 6.07) is 30.1. The van der Waals surface area contributed by atoms with E-state index in [0.717, 1.165) is 0 Å². The average molecular weight is 509 g/mol. The molecule has 0 bridgehead atoms. The third kappa shape index (κ3) is 5.36. The number of carbonyl (C=O) groups excluding carboxylic acids is 2. The minimum Gasteiger partial charge on any atom is -0.508 e. The van der Waals surface area contributed by atoms with Gasteiger partial charge in [-0.15, -0.1) is 0 Å². The summed E-state index contributed by atoms with van der Waals surface area (Å²) in [7, 11) is 0. The van der Waals surface area contributed by atoms with Crippen LogP contribution in [-0.4, -0.2) is 39.5 Å². The maximum absolute atomic E-state index is 13.6. The van der Waals surface area contributed by atoms with E-state index >= 15 is 0 Å². The van der Waals surface area contributed by atoms with E-state index in [-0.39, 0.29) is 29.9 Å². The Morgan fingerprint density at radius 3 is 1.76 bits per heavy atom. The number of nitrogens with one attached hydrogen (secondary N) is 3. The summed E-state index contributed by atoms with van der Waals surface area (Å²) in [5.41, 5.74) is 2.25. The van der Waals surface area contributed by atoms with Crippen molar-refractivity contribution in [1.82, 2.24) is 10.2 Å². The molecule has 0 aliphatic carbocycles. The van der Waals surface area contributed by atoms with Crippen LogP contribution in [0, 0.1) is 0 Å². The molecule has 2 amide bonds. The van der Waals surface area contributed by atoms with Crippen LogP contribution in [0.5, 0.6) is 11.5 Å². The molecule has 1 aliphatic heterocycles. The van der Waals surface area contributed by atoms with Gasteiger partial charge in [0.25, 0.3) is 0 Å². The van der Waals surface area contributed by atoms with Crippen LogP contribution in [0.15, 0.2) is 109 Å². The van der Waals surface area contributed by atoms with Gasteiger partial charge in [0.05, 0.1) is 18.8 Å². The maximum Gasteiger partial charge on any atom is 0.243 e. The molecule has 1 saturated heterocycles. The van der Waals surface area contributed by atoms with E-state index in [9.17, 15) is 19.8 Å². The second-order valence-corrected chi connectivity index (χ2v) is 9.05. The zero-order chi connectivity index (χ0) is 26.5. The number of carbonyl (C=O) groups is 2. The van der Waals surface area contributed by atoms with E-state index in [4.69, 9.17) is 0 Å². The van der Waals surface area contributed by atoms with Crippen molar-refractivity contribution in [2.75, 3.05) is 17.2 Å². The normalized spacial score (nSPS) is 19.1. The predicted molar refractivity (Wildman–Crippen MR) is 145 cm³/mol. The molecular weight excluding hydrogens is 480 g/mol. The van der Waals surface area contributed by atoms with E-state index in [1.54, 1.807) is 77.7 Å². The molecule has 4 aromatic carbocycles. The minimum atomic E-state index is -0.863. The molecule has 0 spiro atoms. The summed E-state index contributed by atoms with van der Waals surface area (Å²) in [6.07, 6.45) is -0.700. The van der Waals surface area contributed by atoms with Crippen molar-refractivity contribution in [2.24, 2.45) is 0 Å². The van der Waals surface area contributed by atoms with Crippen molar-refractivity contribution < 1.29 is 19.8 Å². The lowest BCUT2D eigenvalue weighted by Gasteiger charge is -2.30. The number of amides is 2. The fraction of sp³-hybridized carbons (Fsp3) is 0.133. The number of phenols is 2. The summed E-state index contributed by atoms with van der Waals surface area (Å²) in [5.74, 6) is -0.611. The van der Waals surface area contributed by atoms with Gasteiger partial charge in [-0.25, -0.2) is 0 Å². The zero-order valence-electron chi connectivity index (χ0n) is 20.5. The monoisotopic (exact) mass is 508 g/mol. The highest BCUT2D eigenvalue weighted by Gasteiger charge is 2.47. The Bertz CT molecular complexity index is 1410. The predicted octanol–water partition coefficient (Wildman–Crippen LogP) is 4.39. The number of rotatable bonds is 7. The Morgan fingerprint density at radius 2 is 1.18 bits per heavy atom. The highest BCUT2D eigenvalue weighted by atomic mass is 16.3. The molecule has 192 valence electrons. The van der Waals surface area contributed by atoms with Crippen molar-refractivity contribution in [2.45, 2.75) is 18.2 Å². The molecule has 1 heterocycles. The van der Waals surface area contributed by atoms with Crippen LogP contribution in [-0.2, 0) is 9.59 Å². The second-order valence-electron chi connectivity index (χ2n) is 9.05. The Morgan fingerprint density at radius 1 is 0.684 bits per heavy atom. The highest BCUT2D eigenvalue weighted by Crippen LogP contribution is 2.43. The average Bonchev–Trinajstić information content (AvgIpc) is 3.29. The SMILES string of the molecule is O=C(CN1C(c2ccccc2O)NC(C(=O)Nc2ccccc2)C1c1ccccc1O)Nc1ccccc1. The van der Waals surface area contributed by atoms with Gasteiger partial charge in [0.15, 0.2) is 0 Å². The number of hydrogen-bond donors (Lipinski definition) is 5. The molecule has 5 rings (SSSR count). The first-order valence-corrected chi connectivity index (χ1v) is 12.3. The van der Waals surface area contributed by atoms with E-state index in [1.807, 2.05) is 36.4 Å². The van der Waals surface area contributed by atoms with Gasteiger partial charge in [0.2, 0.25) is 11.8 Å². The van der Waals surface area contributed by atoms with Gasteiger partial charge in [-0.05, 0) is 36.4 Å². The molecule has 3 atom stereocenters. The molecule has 4 aromatic rings. The summed E-state index contributed by atoms with van der Waals surface area (Å²) in [4.78, 5) is 28.7. The largest absolute Gasteiger partial charge is 0.508 e. The lowest BCUT2D eigenvalue weighted by atomic mass is 9.97. The molecule has 3 unspecified atom stereocenters. The van der Waals surface area contributed by atoms with Crippen molar-refractivity contribution in [1.29, 1.82) is 0 Å². The van der Waals surface area contributed by atoms with Crippen LogP contribution in [0.2, 0.25) is 0 Å². The van der Waals surface area contributed by atoms with E-state index in [0.29, 0.717) is 22.5 Å². The van der Waals surface area contributed by atoms with E-state index in [2.05, 4.69) is 16.0 Å². The molecule has 8 heteroatoms. The Hall–Kier alpha value is -4.66. The molecule has 0 saturated carbocycles. The minimum absolute atomic E-state index is 0.00297. The molecule has 0 aromatic heterocycles. The molecular formula is C30H28N4O4. The standard InChI is InChI=1S/C30H28N4O4/c35-24-17-9-7-15-22(24)28-27(30(38)32-21-13-5-2-6-14-21)33-29(23-16-8-10-18-25(23)36)34(28)19-26(37)31-20-11-3-1-4-12-20/h1-18,27-29,33,35-36H,19H2,(H,31,37)(H,32,38). The van der Waals surface area contributed by atoms with Gasteiger partial charge in [-0.1, -0.05) is 72.8 Å². The third-order valence-electron chi connectivity index (χ3n) is 6.54. The van der Waals surface area contributed by atoms with Gasteiger partial charge >= 0.3 is 0 Å². The zero-order valence-corrected chi connectivity index (χ0v) is 20.5. The van der Waals surface area contributed by atoms with Gasteiger partial charge in [0.1, 0.15) is 17.5 Å². The lowest BCUT2D eigenvalue weighted by Crippen LogP contribution is -2.40. The van der Waals surface area contributed by atoms with Gasteiger partial charge in [-0.2, -0.15) is 0 Å². The number of nitrogens with zero attached hydrogens (tertiary/aromatic N) is 1. The summed E-state index contributed by atoms with van der Waals surface area (Å²) >= 11 is 0. The number of benzene rings is 4. The first-order valence-electron chi connectivity index (χ1n) is 12.3. The highest BCUT2D eigenvalue weighted by molar-refractivity contribution is 5.96. The van der Waals surface area contributed by atoms with E-state index in [1.165, 1.54) is 0 Å². The van der Waals surface area contributed by atoms with Crippen LogP contribution < -0.4 is 16.0 Å². The second kappa shape index (κ2) is 11.2. The van der Waals surface area contributed by atoms with Crippen LogP contribution >= 0.6 is 0 Å². The van der Waals surface area contributed by atoms with Crippen molar-refractivity contribution in [3.63, 3.8) is 0 Å². The summed E-state index contributed by atoms with van der Waals surface area (Å²) in [5, 5.41) is 30.7. The molecule has 8 nitrogen and oxygen atoms in total. The first-order chi connectivity index (χ1) is 18.5. The fourth-order valence-corrected chi connectivity index (χ4v) is 4.83. The Kier molecular flexibility index (Phi) is 7.35. The summed E-state index contributed by atoms with van der Waals surface area (Å²) in [6.45, 7) is -0.116. The van der Waals surface area contributed by atoms with Crippen molar-refractivity contribution in [3.05, 3.63) is 120 Å². The number of phenolic OH excluding ortho intramolecular Hbond substituents is 2. The third-order valence-corrected chi connectivity index (χ3v) is 6.54. The number of para-hydroxylation sites is 4. The van der Waals surface area contributed by atoms with Gasteiger partial charge in [0, 0.05) is 22.5 Å². The van der Waals surface area contributed by atoms with Crippen LogP contribution in [0.3, 0.4) is 0 Å². The molecule has 1 fully saturated rings. The lowest BCUT2D eigenvalue weighted by molar-refractivity contribution is -0.120. The number of hydrogen-bond acceptors (Lipinski definition) is 6. The van der Waals surface area contributed by atoms with Crippen LogP contribution in [0.4, 0.5) is 11.4 Å². The number of anilines is 2. The van der Waals surface area contributed by atoms with E-state index < -0.39 is 18.2 Å². The first kappa shape index (κ1) is 25.0. The summed E-state index contributed by atoms with van der Waals surface area (Å²) < 4.78 is 0. The van der Waals surface area contributed by atoms with Crippen LogP contribution in [0.1, 0.15) is 23.3 Å². The molecule has 1 aliphatic rings. The Labute approximate surface area is 220 Å². The smallest absolute Gasteiger partial charge is 0.243 e. The van der Waals surface area contributed by atoms with Crippen molar-refractivity contribution in [3.8, 4) is 11.5 Å². The quantitative estimate of drug-likeness (QED) is 0.253. The fourth-order valence-electron chi connectivity index (χ4n) is 4.83. The van der Waals surface area contributed by atoms with Crippen LogP contribution in [0.25, 0.3) is 0 Å². The molecule has 38 heavy (non-hydrogen) atoms. The molecule has 0 radical (unpaired) electrons. The molecule has 5 N–H and O–H groups in total. The number of aromatic hydroxyl groups is 2. The van der Waals surface area contributed by atoms with Gasteiger partial charge < -0.3 is 20.8 Å². The maximum atomic E-state index is 13.6. The Balaban J connectivity index is 1.55. The van der Waals surface area contributed by atoms with Gasteiger partial charge in [-0.3, -0.25) is 19.8 Å².